The van der Waals surface area contributed by atoms with Crippen molar-refractivity contribution in [1.82, 2.24) is 15.2 Å². The molecule has 0 bridgehead atoms. The van der Waals surface area contributed by atoms with Crippen LogP contribution in [-0.2, 0) is 13.1 Å². The van der Waals surface area contributed by atoms with Gasteiger partial charge in [0.05, 0.1) is 12.2 Å². The van der Waals surface area contributed by atoms with Crippen LogP contribution in [0.2, 0.25) is 0 Å². The van der Waals surface area contributed by atoms with Gasteiger partial charge in [0.2, 0.25) is 6.79 Å². The van der Waals surface area contributed by atoms with E-state index < -0.39 is 0 Å². The number of pyridine rings is 1. The van der Waals surface area contributed by atoms with Gasteiger partial charge in [-0.05, 0) is 62.8 Å². The molecule has 3 rings (SSSR count). The Morgan fingerprint density at radius 2 is 1.96 bits per heavy atom. The minimum atomic E-state index is -0.103. The van der Waals surface area contributed by atoms with Gasteiger partial charge in [-0.1, -0.05) is 12.1 Å². The van der Waals surface area contributed by atoms with Crippen molar-refractivity contribution in [2.45, 2.75) is 39.4 Å². The minimum Gasteiger partial charge on any atom is -0.454 e. The molecule has 0 aliphatic carbocycles. The number of nitrogens with one attached hydrogen (secondary N) is 1. The van der Waals surface area contributed by atoms with Gasteiger partial charge in [0.15, 0.2) is 16.6 Å². The first-order valence-corrected chi connectivity index (χ1v) is 8.67. The Kier molecular flexibility index (Phi) is 5.08. The Hall–Kier alpha value is -2.34. The lowest BCUT2D eigenvalue weighted by molar-refractivity contribution is 0.174. The second-order valence-electron chi connectivity index (χ2n) is 7.04. The molecule has 0 fully saturated rings. The molecule has 5 nitrogen and oxygen atoms in total. The SMILES string of the molecule is CC(C)(C)NC(=S)N(Cc1ccc2c(c1)OCO2)Cc1ccccn1. The van der Waals surface area contributed by atoms with Crippen LogP contribution in [0.5, 0.6) is 11.5 Å². The lowest BCUT2D eigenvalue weighted by Crippen LogP contribution is -2.47. The standard InChI is InChI=1S/C19H23N3O2S/c1-19(2,3)21-18(25)22(12-15-6-4-5-9-20-15)11-14-7-8-16-17(10-14)24-13-23-16/h4-10H,11-13H2,1-3H3,(H,21,25). The first-order chi connectivity index (χ1) is 11.9. The summed E-state index contributed by atoms with van der Waals surface area (Å²) in [5, 5.41) is 4.09. The summed E-state index contributed by atoms with van der Waals surface area (Å²) in [6.45, 7) is 7.86. The topological polar surface area (TPSA) is 46.6 Å². The molecule has 6 heteroatoms. The molecule has 25 heavy (non-hydrogen) atoms. The molecule has 2 aromatic rings. The van der Waals surface area contributed by atoms with E-state index in [1.165, 1.54) is 0 Å². The maximum atomic E-state index is 5.65. The summed E-state index contributed by atoms with van der Waals surface area (Å²) in [7, 11) is 0. The molecule has 0 saturated carbocycles. The summed E-state index contributed by atoms with van der Waals surface area (Å²) < 4.78 is 10.9. The van der Waals surface area contributed by atoms with Gasteiger partial charge in [0.1, 0.15) is 0 Å². The van der Waals surface area contributed by atoms with Crippen molar-refractivity contribution in [1.29, 1.82) is 0 Å². The molecule has 132 valence electrons. The van der Waals surface area contributed by atoms with Gasteiger partial charge in [-0.2, -0.15) is 0 Å². The highest BCUT2D eigenvalue weighted by atomic mass is 32.1. The zero-order valence-corrected chi connectivity index (χ0v) is 15.6. The number of nitrogens with zero attached hydrogens (tertiary/aromatic N) is 2. The van der Waals surface area contributed by atoms with Crippen LogP contribution in [0.25, 0.3) is 0 Å². The maximum Gasteiger partial charge on any atom is 0.231 e. The Labute approximate surface area is 154 Å². The number of aromatic nitrogens is 1. The first-order valence-electron chi connectivity index (χ1n) is 8.26. The Morgan fingerprint density at radius 1 is 1.16 bits per heavy atom. The van der Waals surface area contributed by atoms with Crippen LogP contribution in [0, 0.1) is 0 Å². The molecular weight excluding hydrogens is 334 g/mol. The van der Waals surface area contributed by atoms with E-state index in [0.29, 0.717) is 18.2 Å². The lowest BCUT2D eigenvalue weighted by atomic mass is 10.1. The van der Waals surface area contributed by atoms with Crippen molar-refractivity contribution < 1.29 is 9.47 Å². The van der Waals surface area contributed by atoms with Crippen LogP contribution in [0.3, 0.4) is 0 Å². The number of fused-ring (bicyclic) bond motifs is 1. The quantitative estimate of drug-likeness (QED) is 0.846. The normalized spacial score (nSPS) is 12.8. The zero-order valence-electron chi connectivity index (χ0n) is 14.8. The fraction of sp³-hybridized carbons (Fsp3) is 0.368. The molecule has 2 heterocycles. The second kappa shape index (κ2) is 7.27. The fourth-order valence-corrected chi connectivity index (χ4v) is 2.98. The van der Waals surface area contributed by atoms with E-state index in [2.05, 4.69) is 36.0 Å². The summed E-state index contributed by atoms with van der Waals surface area (Å²) >= 11 is 5.65. The highest BCUT2D eigenvalue weighted by molar-refractivity contribution is 7.80. The summed E-state index contributed by atoms with van der Waals surface area (Å²) in [4.78, 5) is 6.53. The minimum absolute atomic E-state index is 0.103. The Morgan fingerprint density at radius 3 is 2.68 bits per heavy atom. The van der Waals surface area contributed by atoms with Crippen LogP contribution in [-0.4, -0.2) is 27.3 Å². The average molecular weight is 357 g/mol. The molecule has 0 unspecified atom stereocenters. The van der Waals surface area contributed by atoms with Gasteiger partial charge in [-0.3, -0.25) is 4.98 Å². The third-order valence-corrected chi connectivity index (χ3v) is 4.02. The third kappa shape index (κ3) is 4.82. The van der Waals surface area contributed by atoms with Gasteiger partial charge in [-0.15, -0.1) is 0 Å². The van der Waals surface area contributed by atoms with E-state index in [-0.39, 0.29) is 12.3 Å². The van der Waals surface area contributed by atoms with Gasteiger partial charge in [-0.25, -0.2) is 0 Å². The molecule has 0 atom stereocenters. The molecule has 1 aliphatic heterocycles. The number of benzene rings is 1. The van der Waals surface area contributed by atoms with Crippen molar-refractivity contribution in [3.8, 4) is 11.5 Å². The highest BCUT2D eigenvalue weighted by Crippen LogP contribution is 2.32. The number of hydrogen-bond donors (Lipinski definition) is 1. The fourth-order valence-electron chi connectivity index (χ4n) is 2.55. The van der Waals surface area contributed by atoms with E-state index in [4.69, 9.17) is 21.7 Å². The predicted molar refractivity (Wildman–Crippen MR) is 102 cm³/mol. The molecule has 1 aromatic carbocycles. The van der Waals surface area contributed by atoms with Gasteiger partial charge >= 0.3 is 0 Å². The van der Waals surface area contributed by atoms with Gasteiger partial charge < -0.3 is 19.7 Å². The number of ether oxygens (including phenoxy) is 2. The maximum absolute atomic E-state index is 5.65. The van der Waals surface area contributed by atoms with E-state index >= 15 is 0 Å². The Balaban J connectivity index is 1.79. The van der Waals surface area contributed by atoms with Crippen LogP contribution < -0.4 is 14.8 Å². The molecule has 1 aliphatic rings. The van der Waals surface area contributed by atoms with Crippen LogP contribution >= 0.6 is 12.2 Å². The van der Waals surface area contributed by atoms with Crippen LogP contribution in [0.15, 0.2) is 42.6 Å². The molecular formula is C19H23N3O2S. The van der Waals surface area contributed by atoms with E-state index in [9.17, 15) is 0 Å². The van der Waals surface area contributed by atoms with Crippen molar-refractivity contribution in [3.05, 3.63) is 53.9 Å². The third-order valence-electron chi connectivity index (χ3n) is 3.66. The van der Waals surface area contributed by atoms with Crippen molar-refractivity contribution in [3.63, 3.8) is 0 Å². The molecule has 0 saturated heterocycles. The predicted octanol–water partition coefficient (Wildman–Crippen LogP) is 3.49. The van der Waals surface area contributed by atoms with Crippen molar-refractivity contribution >= 4 is 17.3 Å². The monoisotopic (exact) mass is 357 g/mol. The molecule has 0 amide bonds. The second-order valence-corrected chi connectivity index (χ2v) is 7.43. The summed E-state index contributed by atoms with van der Waals surface area (Å²) in [5.74, 6) is 1.57. The van der Waals surface area contributed by atoms with Gasteiger partial charge in [0, 0.05) is 18.3 Å². The first kappa shape index (κ1) is 17.5. The lowest BCUT2D eigenvalue weighted by Gasteiger charge is -2.31. The average Bonchev–Trinajstić information content (AvgIpc) is 3.01. The number of hydrogen-bond acceptors (Lipinski definition) is 4. The largest absolute Gasteiger partial charge is 0.454 e. The summed E-state index contributed by atoms with van der Waals surface area (Å²) in [6.07, 6.45) is 1.80. The van der Waals surface area contributed by atoms with Gasteiger partial charge in [0.25, 0.3) is 0 Å². The molecule has 1 aromatic heterocycles. The van der Waals surface area contributed by atoms with Crippen molar-refractivity contribution in [2.24, 2.45) is 0 Å². The number of thiocarbonyl (C=S) groups is 1. The Bertz CT molecular complexity index is 744. The zero-order chi connectivity index (χ0) is 17.9. The van der Waals surface area contributed by atoms with Crippen LogP contribution in [0.4, 0.5) is 0 Å². The van der Waals surface area contributed by atoms with Crippen LogP contribution in [0.1, 0.15) is 32.0 Å². The van der Waals surface area contributed by atoms with E-state index in [0.717, 1.165) is 22.8 Å². The summed E-state index contributed by atoms with van der Waals surface area (Å²) in [5.41, 5.74) is 1.98. The summed E-state index contributed by atoms with van der Waals surface area (Å²) in [6, 6.07) is 11.9. The number of rotatable bonds is 4. The highest BCUT2D eigenvalue weighted by Gasteiger charge is 2.19. The van der Waals surface area contributed by atoms with E-state index in [1.54, 1.807) is 6.20 Å². The molecule has 0 radical (unpaired) electrons. The smallest absolute Gasteiger partial charge is 0.231 e. The molecule has 1 N–H and O–H groups in total. The van der Waals surface area contributed by atoms with E-state index in [1.807, 2.05) is 36.4 Å². The molecule has 0 spiro atoms. The van der Waals surface area contributed by atoms with Crippen molar-refractivity contribution in [2.75, 3.05) is 6.79 Å².